The molecule has 3 heteroatoms. The van der Waals surface area contributed by atoms with Gasteiger partial charge in [-0.2, -0.15) is 0 Å². The first kappa shape index (κ1) is 8.94. The standard InChI is InChI=1S/C11H13N3/c1-8-3-4-10(5-12-8)11-6-13-9(2)14-7-11/h3-7,9,13H,1-2H3. The van der Waals surface area contributed by atoms with Gasteiger partial charge in [-0.3, -0.25) is 9.98 Å². The van der Waals surface area contributed by atoms with Gasteiger partial charge in [-0.15, -0.1) is 0 Å². The fraction of sp³-hybridized carbons (Fsp3) is 0.273. The molecule has 1 aromatic heterocycles. The molecule has 14 heavy (non-hydrogen) atoms. The van der Waals surface area contributed by atoms with Crippen LogP contribution in [0.5, 0.6) is 0 Å². The average molecular weight is 187 g/mol. The molecular weight excluding hydrogens is 174 g/mol. The Bertz CT molecular complexity index is 376. The van der Waals surface area contributed by atoms with Crippen molar-refractivity contribution in [3.05, 3.63) is 35.8 Å². The van der Waals surface area contributed by atoms with Crippen LogP contribution in [0.4, 0.5) is 0 Å². The minimum atomic E-state index is 0.178. The quantitative estimate of drug-likeness (QED) is 0.727. The molecule has 1 aliphatic rings. The molecule has 0 radical (unpaired) electrons. The highest BCUT2D eigenvalue weighted by Gasteiger charge is 2.05. The fourth-order valence-corrected chi connectivity index (χ4v) is 1.28. The van der Waals surface area contributed by atoms with Crippen LogP contribution in [0.2, 0.25) is 0 Å². The number of nitrogens with zero attached hydrogens (tertiary/aromatic N) is 2. The normalized spacial score (nSPS) is 20.1. The van der Waals surface area contributed by atoms with Crippen molar-refractivity contribution in [1.82, 2.24) is 10.3 Å². The summed E-state index contributed by atoms with van der Waals surface area (Å²) in [6.07, 6.45) is 5.90. The predicted molar refractivity (Wildman–Crippen MR) is 58.0 cm³/mol. The average Bonchev–Trinajstić information content (AvgIpc) is 2.21. The number of rotatable bonds is 1. The van der Waals surface area contributed by atoms with Crippen LogP contribution in [0, 0.1) is 6.92 Å². The van der Waals surface area contributed by atoms with Crippen LogP contribution in [0.25, 0.3) is 5.57 Å². The third-order valence-electron chi connectivity index (χ3n) is 2.16. The third kappa shape index (κ3) is 1.82. The molecule has 1 atom stereocenters. The lowest BCUT2D eigenvalue weighted by atomic mass is 10.1. The molecule has 0 saturated carbocycles. The van der Waals surface area contributed by atoms with Crippen molar-refractivity contribution in [1.29, 1.82) is 0 Å². The van der Waals surface area contributed by atoms with E-state index in [0.717, 1.165) is 16.8 Å². The van der Waals surface area contributed by atoms with Crippen molar-refractivity contribution < 1.29 is 0 Å². The first-order valence-corrected chi connectivity index (χ1v) is 4.68. The van der Waals surface area contributed by atoms with Crippen molar-refractivity contribution in [2.75, 3.05) is 0 Å². The molecule has 0 aliphatic carbocycles. The molecule has 1 N–H and O–H groups in total. The van der Waals surface area contributed by atoms with Crippen molar-refractivity contribution in [2.24, 2.45) is 4.99 Å². The smallest absolute Gasteiger partial charge is 0.115 e. The highest BCUT2D eigenvalue weighted by Crippen LogP contribution is 2.13. The molecule has 0 spiro atoms. The number of hydrogen-bond acceptors (Lipinski definition) is 3. The zero-order chi connectivity index (χ0) is 9.97. The van der Waals surface area contributed by atoms with Crippen LogP contribution in [-0.4, -0.2) is 17.4 Å². The Hall–Kier alpha value is -1.64. The second-order valence-corrected chi connectivity index (χ2v) is 3.41. The molecule has 0 fully saturated rings. The first-order chi connectivity index (χ1) is 6.75. The van der Waals surface area contributed by atoms with Gasteiger partial charge in [0.1, 0.15) is 6.17 Å². The van der Waals surface area contributed by atoms with Gasteiger partial charge in [0.05, 0.1) is 0 Å². The molecular formula is C11H13N3. The molecule has 2 heterocycles. The predicted octanol–water partition coefficient (Wildman–Crippen LogP) is 1.75. The maximum absolute atomic E-state index is 4.28. The number of aromatic nitrogens is 1. The molecule has 0 saturated heterocycles. The van der Waals surface area contributed by atoms with E-state index < -0.39 is 0 Å². The summed E-state index contributed by atoms with van der Waals surface area (Å²) in [7, 11) is 0. The zero-order valence-corrected chi connectivity index (χ0v) is 8.36. The molecule has 0 amide bonds. The Morgan fingerprint density at radius 1 is 1.36 bits per heavy atom. The van der Waals surface area contributed by atoms with Crippen molar-refractivity contribution >= 4 is 11.8 Å². The van der Waals surface area contributed by atoms with Crippen LogP contribution in [0.15, 0.2) is 29.5 Å². The third-order valence-corrected chi connectivity index (χ3v) is 2.16. The van der Waals surface area contributed by atoms with E-state index in [-0.39, 0.29) is 6.17 Å². The Morgan fingerprint density at radius 2 is 2.21 bits per heavy atom. The summed E-state index contributed by atoms with van der Waals surface area (Å²) < 4.78 is 0. The van der Waals surface area contributed by atoms with Gasteiger partial charge in [0.25, 0.3) is 0 Å². The lowest BCUT2D eigenvalue weighted by molar-refractivity contribution is 0.672. The van der Waals surface area contributed by atoms with Gasteiger partial charge >= 0.3 is 0 Å². The van der Waals surface area contributed by atoms with Crippen molar-refractivity contribution in [3.63, 3.8) is 0 Å². The number of pyridine rings is 1. The van der Waals surface area contributed by atoms with E-state index in [1.807, 2.05) is 38.5 Å². The highest BCUT2D eigenvalue weighted by atomic mass is 15.1. The summed E-state index contributed by atoms with van der Waals surface area (Å²) in [6.45, 7) is 3.99. The molecule has 72 valence electrons. The Labute approximate surface area is 83.6 Å². The van der Waals surface area contributed by atoms with Gasteiger partial charge in [-0.25, -0.2) is 0 Å². The van der Waals surface area contributed by atoms with Gasteiger partial charge in [0.2, 0.25) is 0 Å². The van der Waals surface area contributed by atoms with E-state index in [1.54, 1.807) is 0 Å². The number of allylic oxidation sites excluding steroid dienone is 1. The summed E-state index contributed by atoms with van der Waals surface area (Å²) in [6, 6.07) is 4.06. The van der Waals surface area contributed by atoms with E-state index >= 15 is 0 Å². The van der Waals surface area contributed by atoms with Crippen LogP contribution >= 0.6 is 0 Å². The molecule has 0 bridgehead atoms. The Morgan fingerprint density at radius 3 is 2.79 bits per heavy atom. The molecule has 2 rings (SSSR count). The van der Waals surface area contributed by atoms with Crippen LogP contribution < -0.4 is 5.32 Å². The summed E-state index contributed by atoms with van der Waals surface area (Å²) in [5.74, 6) is 0. The zero-order valence-electron chi connectivity index (χ0n) is 8.36. The summed E-state index contributed by atoms with van der Waals surface area (Å²) in [4.78, 5) is 8.52. The minimum Gasteiger partial charge on any atom is -0.369 e. The summed E-state index contributed by atoms with van der Waals surface area (Å²) in [5, 5.41) is 3.16. The van der Waals surface area contributed by atoms with Crippen molar-refractivity contribution in [3.8, 4) is 0 Å². The van der Waals surface area contributed by atoms with Crippen molar-refractivity contribution in [2.45, 2.75) is 20.0 Å². The second kappa shape index (κ2) is 3.62. The highest BCUT2D eigenvalue weighted by molar-refractivity contribution is 6.10. The lowest BCUT2D eigenvalue weighted by Crippen LogP contribution is -2.21. The number of hydrogen-bond donors (Lipinski definition) is 1. The van der Waals surface area contributed by atoms with E-state index in [4.69, 9.17) is 0 Å². The van der Waals surface area contributed by atoms with Gasteiger partial charge in [0.15, 0.2) is 0 Å². The molecule has 3 nitrogen and oxygen atoms in total. The lowest BCUT2D eigenvalue weighted by Gasteiger charge is -2.13. The van der Waals surface area contributed by atoms with Gasteiger partial charge < -0.3 is 5.32 Å². The number of nitrogens with one attached hydrogen (secondary N) is 1. The molecule has 0 aromatic carbocycles. The van der Waals surface area contributed by atoms with E-state index in [9.17, 15) is 0 Å². The topological polar surface area (TPSA) is 37.3 Å². The molecule has 1 unspecified atom stereocenters. The summed E-state index contributed by atoms with van der Waals surface area (Å²) in [5.41, 5.74) is 3.21. The van der Waals surface area contributed by atoms with Crippen LogP contribution in [0.3, 0.4) is 0 Å². The number of aliphatic imine (C=N–C) groups is 1. The van der Waals surface area contributed by atoms with Gasteiger partial charge in [-0.05, 0) is 19.9 Å². The largest absolute Gasteiger partial charge is 0.369 e. The Kier molecular flexibility index (Phi) is 2.31. The fourth-order valence-electron chi connectivity index (χ4n) is 1.28. The monoisotopic (exact) mass is 187 g/mol. The SMILES string of the molecule is Cc1ccc(C2=CNC(C)N=C2)cn1. The van der Waals surface area contributed by atoms with Gasteiger partial charge in [-0.1, -0.05) is 6.07 Å². The second-order valence-electron chi connectivity index (χ2n) is 3.41. The van der Waals surface area contributed by atoms with E-state index in [1.165, 1.54) is 0 Å². The Balaban J connectivity index is 2.24. The van der Waals surface area contributed by atoms with Crippen LogP contribution in [-0.2, 0) is 0 Å². The maximum atomic E-state index is 4.28. The molecule has 1 aliphatic heterocycles. The van der Waals surface area contributed by atoms with Crippen LogP contribution in [0.1, 0.15) is 18.2 Å². The van der Waals surface area contributed by atoms with E-state index in [2.05, 4.69) is 21.4 Å². The minimum absolute atomic E-state index is 0.178. The maximum Gasteiger partial charge on any atom is 0.115 e. The first-order valence-electron chi connectivity index (χ1n) is 4.68. The van der Waals surface area contributed by atoms with E-state index in [0.29, 0.717) is 0 Å². The molecule has 1 aromatic rings. The van der Waals surface area contributed by atoms with Gasteiger partial charge in [0, 0.05) is 35.4 Å². The number of aryl methyl sites for hydroxylation is 1. The summed E-state index contributed by atoms with van der Waals surface area (Å²) >= 11 is 0.